The van der Waals surface area contributed by atoms with Crippen molar-refractivity contribution in [3.63, 3.8) is 0 Å². The lowest BCUT2D eigenvalue weighted by Gasteiger charge is -2.25. The van der Waals surface area contributed by atoms with Crippen LogP contribution in [0, 0.1) is 11.3 Å². The van der Waals surface area contributed by atoms with Gasteiger partial charge in [-0.2, -0.15) is 0 Å². The van der Waals surface area contributed by atoms with Gasteiger partial charge in [0.15, 0.2) is 0 Å². The second-order valence-electron chi connectivity index (χ2n) is 19.6. The van der Waals surface area contributed by atoms with Gasteiger partial charge in [0.05, 0.1) is 19.1 Å². The molecule has 0 unspecified atom stereocenters. The Labute approximate surface area is 357 Å². The van der Waals surface area contributed by atoms with Crippen molar-refractivity contribution in [2.24, 2.45) is 11.3 Å². The molecule has 1 aliphatic rings. The number of carbonyl (C=O) groups excluding carboxylic acids is 2. The van der Waals surface area contributed by atoms with Gasteiger partial charge in [0.2, 0.25) is 0 Å². The van der Waals surface area contributed by atoms with Crippen molar-refractivity contribution in [3.05, 3.63) is 0 Å². The Kier molecular flexibility index (Phi) is 39.4. The molecule has 0 aromatic heterocycles. The molecule has 4 nitrogen and oxygen atoms in total. The quantitative estimate of drug-likeness (QED) is 0.0613. The average Bonchev–Trinajstić information content (AvgIpc) is 3.20. The molecule has 0 bridgehead atoms. The fourth-order valence-corrected chi connectivity index (χ4v) is 8.82. The minimum atomic E-state index is -0.373. The van der Waals surface area contributed by atoms with Gasteiger partial charge in [-0.25, -0.2) is 0 Å². The predicted molar refractivity (Wildman–Crippen MR) is 248 cm³/mol. The van der Waals surface area contributed by atoms with E-state index in [1.165, 1.54) is 238 Å². The van der Waals surface area contributed by atoms with Gasteiger partial charge in [0.25, 0.3) is 0 Å². The predicted octanol–water partition coefficient (Wildman–Crippen LogP) is 17.9. The molecule has 1 fully saturated rings. The van der Waals surface area contributed by atoms with Crippen LogP contribution in [0.5, 0.6) is 0 Å². The van der Waals surface area contributed by atoms with E-state index in [-0.39, 0.29) is 23.3 Å². The highest BCUT2D eigenvalue weighted by Crippen LogP contribution is 2.24. The van der Waals surface area contributed by atoms with E-state index < -0.39 is 0 Å². The molecule has 0 saturated heterocycles. The molecule has 0 N–H and O–H groups in total. The van der Waals surface area contributed by atoms with Crippen LogP contribution in [0.15, 0.2) is 0 Å². The minimum Gasteiger partial charge on any atom is -0.465 e. The maximum atomic E-state index is 13.3. The molecule has 4 heteroatoms. The fraction of sp³-hybridized carbons (Fsp3) is 0.962. The Morgan fingerprint density at radius 3 is 0.965 bits per heavy atom. The van der Waals surface area contributed by atoms with E-state index in [1.54, 1.807) is 0 Å². The molecular formula is C53H102O4. The highest BCUT2D eigenvalue weighted by molar-refractivity contribution is 5.72. The van der Waals surface area contributed by atoms with Gasteiger partial charge in [0, 0.05) is 11.8 Å². The molecular weight excluding hydrogens is 701 g/mol. The van der Waals surface area contributed by atoms with Gasteiger partial charge in [0.1, 0.15) is 0 Å². The lowest BCUT2D eigenvalue weighted by Crippen LogP contribution is -2.30. The Morgan fingerprint density at radius 2 is 0.649 bits per heavy atom. The van der Waals surface area contributed by atoms with Crippen LogP contribution in [0.25, 0.3) is 0 Å². The van der Waals surface area contributed by atoms with Crippen LogP contribution >= 0.6 is 0 Å². The van der Waals surface area contributed by atoms with E-state index in [1.807, 2.05) is 13.8 Å². The third kappa shape index (κ3) is 38.9. The summed E-state index contributed by atoms with van der Waals surface area (Å²) in [7, 11) is 0. The van der Waals surface area contributed by atoms with Crippen molar-refractivity contribution in [1.29, 1.82) is 0 Å². The molecule has 0 aromatic carbocycles. The Balaban J connectivity index is 2.12. The number of esters is 2. The number of hydrogen-bond donors (Lipinski definition) is 0. The topological polar surface area (TPSA) is 52.6 Å². The second kappa shape index (κ2) is 41.7. The molecule has 0 atom stereocenters. The van der Waals surface area contributed by atoms with E-state index in [2.05, 4.69) is 6.92 Å². The summed E-state index contributed by atoms with van der Waals surface area (Å²) in [5.74, 6) is -0.127. The van der Waals surface area contributed by atoms with Crippen LogP contribution in [-0.2, 0) is 19.1 Å². The van der Waals surface area contributed by atoms with E-state index in [9.17, 15) is 9.59 Å². The van der Waals surface area contributed by atoms with E-state index >= 15 is 0 Å². The second-order valence-corrected chi connectivity index (χ2v) is 19.6. The summed E-state index contributed by atoms with van der Waals surface area (Å²) in [6.45, 7) is 7.01. The maximum absolute atomic E-state index is 13.3. The largest absolute Gasteiger partial charge is 0.465 e. The third-order valence-electron chi connectivity index (χ3n) is 12.9. The summed E-state index contributed by atoms with van der Waals surface area (Å²) in [5, 5.41) is 0. The van der Waals surface area contributed by atoms with Crippen LogP contribution in [0.2, 0.25) is 0 Å². The summed E-state index contributed by atoms with van der Waals surface area (Å²) >= 11 is 0. The third-order valence-corrected chi connectivity index (χ3v) is 12.9. The summed E-state index contributed by atoms with van der Waals surface area (Å²) in [5.41, 5.74) is -0.373. The lowest BCUT2D eigenvalue weighted by atomic mass is 9.93. The first-order chi connectivity index (χ1) is 27.9. The van der Waals surface area contributed by atoms with E-state index in [4.69, 9.17) is 9.47 Å². The first kappa shape index (κ1) is 54.0. The minimum absolute atomic E-state index is 0.00835. The summed E-state index contributed by atoms with van der Waals surface area (Å²) in [6, 6.07) is 0. The Hall–Kier alpha value is -1.06. The molecule has 1 rings (SSSR count). The monoisotopic (exact) mass is 803 g/mol. The van der Waals surface area contributed by atoms with E-state index in [0.717, 1.165) is 38.5 Å². The van der Waals surface area contributed by atoms with Gasteiger partial charge in [-0.3, -0.25) is 9.59 Å². The van der Waals surface area contributed by atoms with Crippen LogP contribution in [0.4, 0.5) is 0 Å². The molecule has 1 saturated carbocycles. The Morgan fingerprint density at radius 1 is 0.386 bits per heavy atom. The zero-order valence-electron chi connectivity index (χ0n) is 39.2. The van der Waals surface area contributed by atoms with Crippen molar-refractivity contribution in [3.8, 4) is 0 Å². The van der Waals surface area contributed by atoms with Gasteiger partial charge in [-0.15, -0.1) is 0 Å². The van der Waals surface area contributed by atoms with Gasteiger partial charge in [-0.1, -0.05) is 278 Å². The van der Waals surface area contributed by atoms with Crippen molar-refractivity contribution < 1.29 is 19.1 Å². The van der Waals surface area contributed by atoms with E-state index in [0.29, 0.717) is 19.6 Å². The van der Waals surface area contributed by atoms with Crippen LogP contribution < -0.4 is 0 Å². The van der Waals surface area contributed by atoms with Gasteiger partial charge >= 0.3 is 11.9 Å². The maximum Gasteiger partial charge on any atom is 0.308 e. The summed E-state index contributed by atoms with van der Waals surface area (Å²) in [4.78, 5) is 25.9. The fourth-order valence-electron chi connectivity index (χ4n) is 8.82. The molecule has 0 radical (unpaired) electrons. The van der Waals surface area contributed by atoms with Gasteiger partial charge < -0.3 is 9.47 Å². The van der Waals surface area contributed by atoms with Crippen molar-refractivity contribution in [2.45, 2.75) is 303 Å². The van der Waals surface area contributed by atoms with Crippen LogP contribution in [0.1, 0.15) is 303 Å². The SMILES string of the molecule is CCCCCCCCCCCCCCCCCCCCCCCC(=O)OCC(C)(C)COC(=O)C1CCCCCCCCCCCCCCCCCCCCCC1. The molecule has 57 heavy (non-hydrogen) atoms. The number of hydrogen-bond acceptors (Lipinski definition) is 4. The highest BCUT2D eigenvalue weighted by Gasteiger charge is 2.26. The first-order valence-electron chi connectivity index (χ1n) is 26.3. The standard InChI is InChI=1S/C53H102O4/c1-4-5-6-7-8-9-10-11-12-13-14-15-20-23-26-29-32-35-38-41-44-47-51(54)56-48-53(2,3)49-57-52(55)50-45-42-39-36-33-30-27-24-21-18-16-17-19-22-25-28-31-34-37-40-43-46-50/h50H,4-49H2,1-3H3. The number of ether oxygens (including phenoxy) is 2. The van der Waals surface area contributed by atoms with Crippen molar-refractivity contribution >= 4 is 11.9 Å². The van der Waals surface area contributed by atoms with Crippen LogP contribution in [-0.4, -0.2) is 25.2 Å². The summed E-state index contributed by atoms with van der Waals surface area (Å²) in [6.07, 6.45) is 57.9. The number of rotatable bonds is 27. The molecule has 0 aromatic rings. The average molecular weight is 803 g/mol. The summed E-state index contributed by atoms with van der Waals surface area (Å²) < 4.78 is 11.6. The Bertz CT molecular complexity index is 828. The van der Waals surface area contributed by atoms with Gasteiger partial charge in [-0.05, 0) is 19.3 Å². The molecule has 0 heterocycles. The molecule has 338 valence electrons. The van der Waals surface area contributed by atoms with Crippen LogP contribution in [0.3, 0.4) is 0 Å². The molecule has 0 amide bonds. The first-order valence-corrected chi connectivity index (χ1v) is 26.3. The zero-order valence-corrected chi connectivity index (χ0v) is 39.2. The zero-order chi connectivity index (χ0) is 41.2. The van der Waals surface area contributed by atoms with Crippen molar-refractivity contribution in [2.75, 3.05) is 13.2 Å². The number of carbonyl (C=O) groups is 2. The number of unbranched alkanes of at least 4 members (excludes halogenated alkanes) is 20. The smallest absolute Gasteiger partial charge is 0.308 e. The lowest BCUT2D eigenvalue weighted by molar-refractivity contribution is -0.156. The normalized spacial score (nSPS) is 17.2. The van der Waals surface area contributed by atoms with Crippen molar-refractivity contribution in [1.82, 2.24) is 0 Å². The molecule has 0 spiro atoms. The molecule has 0 aliphatic heterocycles. The highest BCUT2D eigenvalue weighted by atomic mass is 16.5. The molecule has 1 aliphatic carbocycles.